The molecule has 3 aliphatic heterocycles. The molecule has 4 heteroatoms. The molecule has 0 radical (unpaired) electrons. The van der Waals surface area contributed by atoms with Gasteiger partial charge in [-0.25, -0.2) is 0 Å². The summed E-state index contributed by atoms with van der Waals surface area (Å²) < 4.78 is 5.99. The average Bonchev–Trinajstić information content (AvgIpc) is 2.99. The highest BCUT2D eigenvalue weighted by atomic mass is 16.5. The maximum absolute atomic E-state index is 12.0. The molecule has 9 bridgehead atoms. The van der Waals surface area contributed by atoms with E-state index in [4.69, 9.17) is 4.74 Å². The van der Waals surface area contributed by atoms with E-state index in [9.17, 15) is 9.90 Å². The number of aliphatic hydroxyl groups excluding tert-OH is 1. The Kier molecular flexibility index (Phi) is 2.30. The monoisotopic (exact) mass is 355 g/mol. The van der Waals surface area contributed by atoms with Crippen LogP contribution in [0.15, 0.2) is 12.2 Å². The summed E-state index contributed by atoms with van der Waals surface area (Å²) >= 11 is 0. The van der Waals surface area contributed by atoms with Gasteiger partial charge in [0.25, 0.3) is 0 Å². The maximum atomic E-state index is 12.0. The Bertz CT molecular complexity index is 779. The van der Waals surface area contributed by atoms with Crippen LogP contribution in [-0.2, 0) is 9.53 Å². The molecule has 2 spiro atoms. The van der Waals surface area contributed by atoms with Gasteiger partial charge < -0.3 is 9.84 Å². The third-order valence-electron chi connectivity index (χ3n) is 10.6. The van der Waals surface area contributed by atoms with Crippen molar-refractivity contribution in [3.05, 3.63) is 12.2 Å². The number of piperidine rings is 2. The van der Waals surface area contributed by atoms with Crippen LogP contribution in [0, 0.1) is 39.9 Å². The summed E-state index contributed by atoms with van der Waals surface area (Å²) in [7, 11) is 0. The SMILES string of the molecule is C=C1[C@H]2C[C@@H]3[C@H]4N5C[C@]6(C)CCC[C@]47[C@H]([C@H]2O)[C@]3(C[C@H]5[C@H]67)[C@@H]1OC(C)=O. The number of rotatable bonds is 1. The number of ether oxygens (including phenoxy) is 1. The molecule has 12 atom stereocenters. The number of nitrogens with zero attached hydrogens (tertiary/aromatic N) is 1. The van der Waals surface area contributed by atoms with Crippen molar-refractivity contribution in [3.8, 4) is 0 Å². The summed E-state index contributed by atoms with van der Waals surface area (Å²) in [5.74, 6) is 1.58. The van der Waals surface area contributed by atoms with Gasteiger partial charge in [-0.1, -0.05) is 19.9 Å². The summed E-state index contributed by atoms with van der Waals surface area (Å²) in [6.45, 7) is 9.67. The molecule has 1 unspecified atom stereocenters. The van der Waals surface area contributed by atoms with Crippen LogP contribution >= 0.6 is 0 Å². The standard InChI is InChI=1S/C22H29NO3/c1-10-12-7-13-18-21-6-4-5-20(3)9-23(18)14(16(20)21)8-22(13,17(21)15(12)25)19(10)26-11(2)24/h12-19,25H,1,4-9H2,2-3H3/t12-,13-,14+,15+,16-,17+,18-,19-,20+,21+,22-/m1/s1. The lowest BCUT2D eigenvalue weighted by Gasteiger charge is -2.66. The van der Waals surface area contributed by atoms with Gasteiger partial charge in [0, 0.05) is 42.8 Å². The van der Waals surface area contributed by atoms with Gasteiger partial charge in [-0.15, -0.1) is 0 Å². The molecule has 140 valence electrons. The summed E-state index contributed by atoms with van der Waals surface area (Å²) in [5.41, 5.74) is 1.68. The minimum absolute atomic E-state index is 0.0398. The minimum Gasteiger partial charge on any atom is -0.457 e. The highest BCUT2D eigenvalue weighted by Crippen LogP contribution is 2.87. The van der Waals surface area contributed by atoms with Crippen molar-refractivity contribution in [3.63, 3.8) is 0 Å². The van der Waals surface area contributed by atoms with Crippen LogP contribution in [0.25, 0.3) is 0 Å². The fourth-order valence-electron chi connectivity index (χ4n) is 10.8. The fourth-order valence-corrected chi connectivity index (χ4v) is 10.8. The summed E-state index contributed by atoms with van der Waals surface area (Å²) in [4.78, 5) is 14.8. The Morgan fingerprint density at radius 1 is 1.31 bits per heavy atom. The third kappa shape index (κ3) is 1.15. The van der Waals surface area contributed by atoms with Gasteiger partial charge in [-0.2, -0.15) is 0 Å². The highest BCUT2D eigenvalue weighted by molar-refractivity contribution is 5.67. The molecular formula is C22H29NO3. The van der Waals surface area contributed by atoms with Gasteiger partial charge in [0.1, 0.15) is 6.10 Å². The first-order chi connectivity index (χ1) is 12.4. The van der Waals surface area contributed by atoms with Crippen molar-refractivity contribution in [1.82, 2.24) is 4.90 Å². The van der Waals surface area contributed by atoms with Crippen LogP contribution in [-0.4, -0.2) is 46.8 Å². The van der Waals surface area contributed by atoms with Crippen molar-refractivity contribution in [2.45, 2.75) is 70.2 Å². The first-order valence-electron chi connectivity index (χ1n) is 10.7. The van der Waals surface area contributed by atoms with Gasteiger partial charge in [-0.3, -0.25) is 9.69 Å². The Hall–Kier alpha value is -0.870. The summed E-state index contributed by atoms with van der Waals surface area (Å²) in [5, 5.41) is 11.5. The fraction of sp³-hybridized carbons (Fsp3) is 0.864. The lowest BCUT2D eigenvalue weighted by Crippen LogP contribution is -2.69. The summed E-state index contributed by atoms with van der Waals surface area (Å²) in [6, 6.07) is 1.26. The number of carbonyl (C=O) groups excluding carboxylic acids is 1. The lowest BCUT2D eigenvalue weighted by atomic mass is 9.39. The number of hydrogen-bond acceptors (Lipinski definition) is 4. The Labute approximate surface area is 155 Å². The molecule has 9 fully saturated rings. The van der Waals surface area contributed by atoms with E-state index in [1.54, 1.807) is 0 Å². The molecule has 0 aromatic carbocycles. The molecular weight excluding hydrogens is 326 g/mol. The normalized spacial score (nSPS) is 68.0. The molecule has 3 saturated heterocycles. The number of aliphatic hydroxyl groups is 1. The minimum atomic E-state index is -0.278. The second kappa shape index (κ2) is 3.96. The zero-order chi connectivity index (χ0) is 17.8. The van der Waals surface area contributed by atoms with E-state index in [-0.39, 0.29) is 34.9 Å². The Morgan fingerprint density at radius 2 is 2.12 bits per heavy atom. The Morgan fingerprint density at radius 3 is 2.88 bits per heavy atom. The topological polar surface area (TPSA) is 49.8 Å². The predicted octanol–water partition coefficient (Wildman–Crippen LogP) is 2.36. The van der Waals surface area contributed by atoms with E-state index < -0.39 is 0 Å². The summed E-state index contributed by atoms with van der Waals surface area (Å²) in [6.07, 6.45) is 5.67. The van der Waals surface area contributed by atoms with Crippen molar-refractivity contribution in [2.24, 2.45) is 39.9 Å². The molecule has 9 rings (SSSR count). The average molecular weight is 355 g/mol. The van der Waals surface area contributed by atoms with E-state index >= 15 is 0 Å². The Balaban J connectivity index is 1.48. The third-order valence-corrected chi connectivity index (χ3v) is 10.6. The van der Waals surface area contributed by atoms with E-state index in [0.29, 0.717) is 29.3 Å². The molecule has 6 aliphatic carbocycles. The number of fused-ring (bicyclic) bond motifs is 1. The van der Waals surface area contributed by atoms with Crippen LogP contribution < -0.4 is 0 Å². The molecule has 0 amide bonds. The van der Waals surface area contributed by atoms with Crippen LogP contribution in [0.2, 0.25) is 0 Å². The zero-order valence-corrected chi connectivity index (χ0v) is 15.8. The van der Waals surface area contributed by atoms with E-state index in [0.717, 1.165) is 24.3 Å². The molecule has 9 aliphatic rings. The molecule has 26 heavy (non-hydrogen) atoms. The quantitative estimate of drug-likeness (QED) is 0.579. The van der Waals surface area contributed by atoms with E-state index in [2.05, 4.69) is 18.4 Å². The number of carbonyl (C=O) groups is 1. The smallest absolute Gasteiger partial charge is 0.303 e. The van der Waals surface area contributed by atoms with Crippen molar-refractivity contribution >= 4 is 5.97 Å². The molecule has 0 aromatic rings. The van der Waals surface area contributed by atoms with Gasteiger partial charge in [-0.05, 0) is 53.9 Å². The second-order valence-corrected chi connectivity index (χ2v) is 11.1. The highest BCUT2D eigenvalue weighted by Gasteiger charge is 2.90. The van der Waals surface area contributed by atoms with Crippen LogP contribution in [0.1, 0.15) is 46.0 Å². The first-order valence-corrected chi connectivity index (χ1v) is 10.7. The molecule has 3 heterocycles. The molecule has 4 nitrogen and oxygen atoms in total. The maximum Gasteiger partial charge on any atom is 0.303 e. The van der Waals surface area contributed by atoms with Gasteiger partial charge in [0.05, 0.1) is 6.10 Å². The molecule has 6 saturated carbocycles. The second-order valence-electron chi connectivity index (χ2n) is 11.1. The van der Waals surface area contributed by atoms with Crippen LogP contribution in [0.5, 0.6) is 0 Å². The van der Waals surface area contributed by atoms with Crippen LogP contribution in [0.3, 0.4) is 0 Å². The first kappa shape index (κ1) is 15.1. The lowest BCUT2D eigenvalue weighted by molar-refractivity contribution is -0.223. The van der Waals surface area contributed by atoms with Crippen molar-refractivity contribution in [1.29, 1.82) is 0 Å². The number of esters is 1. The molecule has 1 N–H and O–H groups in total. The van der Waals surface area contributed by atoms with Gasteiger partial charge >= 0.3 is 5.97 Å². The largest absolute Gasteiger partial charge is 0.457 e. The predicted molar refractivity (Wildman–Crippen MR) is 95.0 cm³/mol. The van der Waals surface area contributed by atoms with E-state index in [1.165, 1.54) is 32.7 Å². The van der Waals surface area contributed by atoms with Gasteiger partial charge in [0.15, 0.2) is 0 Å². The van der Waals surface area contributed by atoms with Crippen molar-refractivity contribution < 1.29 is 14.6 Å². The molecule has 0 aromatic heterocycles. The zero-order valence-electron chi connectivity index (χ0n) is 15.8. The van der Waals surface area contributed by atoms with Crippen LogP contribution in [0.4, 0.5) is 0 Å². The number of hydrogen-bond donors (Lipinski definition) is 1. The van der Waals surface area contributed by atoms with Crippen molar-refractivity contribution in [2.75, 3.05) is 6.54 Å². The van der Waals surface area contributed by atoms with E-state index in [1.807, 2.05) is 0 Å². The van der Waals surface area contributed by atoms with Gasteiger partial charge in [0.2, 0.25) is 0 Å².